The number of carbonyl (C=O) groups excluding carboxylic acids is 2. The molecule has 0 bridgehead atoms. The summed E-state index contributed by atoms with van der Waals surface area (Å²) in [4.78, 5) is 25.0. The molecular formula is C13H17IN2O3. The average Bonchev–Trinajstić information content (AvgIpc) is 2.30. The molecule has 0 fully saturated rings. The summed E-state index contributed by atoms with van der Waals surface area (Å²) in [5.74, 6) is -0.688. The minimum Gasteiger partial charge on any atom is -0.507 e. The second-order valence-electron chi connectivity index (χ2n) is 4.54. The fraction of sp³-hybridized carbons (Fsp3) is 0.385. The second kappa shape index (κ2) is 6.74. The topological polar surface area (TPSA) is 69.6 Å². The van der Waals surface area contributed by atoms with Gasteiger partial charge in [-0.2, -0.15) is 0 Å². The Morgan fingerprint density at radius 2 is 2.05 bits per heavy atom. The van der Waals surface area contributed by atoms with Crippen LogP contribution in [0.5, 0.6) is 5.75 Å². The van der Waals surface area contributed by atoms with Crippen LogP contribution in [0.2, 0.25) is 0 Å². The number of carbonyl (C=O) groups is 2. The third-order valence-corrected chi connectivity index (χ3v) is 3.04. The van der Waals surface area contributed by atoms with Crippen LogP contribution in [0.4, 0.5) is 0 Å². The van der Waals surface area contributed by atoms with E-state index in [4.69, 9.17) is 0 Å². The van der Waals surface area contributed by atoms with E-state index in [1.165, 1.54) is 18.0 Å². The summed E-state index contributed by atoms with van der Waals surface area (Å²) < 4.78 is 0.846. The molecule has 2 amide bonds. The smallest absolute Gasteiger partial charge is 0.257 e. The molecule has 0 aliphatic heterocycles. The average molecular weight is 376 g/mol. The van der Waals surface area contributed by atoms with Gasteiger partial charge in [-0.1, -0.05) is 0 Å². The van der Waals surface area contributed by atoms with Crippen molar-refractivity contribution < 1.29 is 14.7 Å². The summed E-state index contributed by atoms with van der Waals surface area (Å²) in [6.45, 7) is 3.66. The first-order valence-corrected chi connectivity index (χ1v) is 6.92. The number of phenols is 1. The van der Waals surface area contributed by atoms with Gasteiger partial charge >= 0.3 is 0 Å². The van der Waals surface area contributed by atoms with E-state index in [0.29, 0.717) is 0 Å². The van der Waals surface area contributed by atoms with Gasteiger partial charge < -0.3 is 15.3 Å². The van der Waals surface area contributed by atoms with Crippen molar-refractivity contribution in [3.8, 4) is 5.75 Å². The van der Waals surface area contributed by atoms with Crippen LogP contribution in [-0.2, 0) is 4.79 Å². The van der Waals surface area contributed by atoms with Gasteiger partial charge in [0.15, 0.2) is 0 Å². The first-order valence-electron chi connectivity index (χ1n) is 5.84. The molecular weight excluding hydrogens is 359 g/mol. The number of phenolic OH excluding ortho intramolecular Hbond substituents is 1. The van der Waals surface area contributed by atoms with Gasteiger partial charge in [0.25, 0.3) is 5.91 Å². The maximum Gasteiger partial charge on any atom is 0.257 e. The van der Waals surface area contributed by atoms with Crippen molar-refractivity contribution in [2.75, 3.05) is 13.6 Å². The molecule has 0 aromatic heterocycles. The zero-order chi connectivity index (χ0) is 14.6. The van der Waals surface area contributed by atoms with Crippen molar-refractivity contribution in [1.29, 1.82) is 0 Å². The Balaban J connectivity index is 2.77. The Bertz CT molecular complexity index is 489. The number of nitrogens with one attached hydrogen (secondary N) is 1. The largest absolute Gasteiger partial charge is 0.507 e. The minimum atomic E-state index is -0.380. The van der Waals surface area contributed by atoms with Gasteiger partial charge in [-0.25, -0.2) is 0 Å². The van der Waals surface area contributed by atoms with Crippen LogP contribution < -0.4 is 5.32 Å². The SMILES string of the molecule is CC(C)NC(=O)CN(C)C(=O)c1cc(I)ccc1O. The van der Waals surface area contributed by atoms with Crippen LogP contribution in [0.1, 0.15) is 24.2 Å². The normalized spacial score (nSPS) is 10.4. The van der Waals surface area contributed by atoms with Crippen LogP contribution in [0.3, 0.4) is 0 Å². The standard InChI is InChI=1S/C13H17IN2O3/c1-8(2)15-12(18)7-16(3)13(19)10-6-9(14)4-5-11(10)17/h4-6,8,17H,7H2,1-3H3,(H,15,18). The number of hydrogen-bond donors (Lipinski definition) is 2. The molecule has 2 N–H and O–H groups in total. The van der Waals surface area contributed by atoms with Gasteiger partial charge in [-0.05, 0) is 54.6 Å². The van der Waals surface area contributed by atoms with Crippen molar-refractivity contribution >= 4 is 34.4 Å². The Morgan fingerprint density at radius 3 is 2.63 bits per heavy atom. The number of likely N-dealkylation sites (N-methyl/N-ethyl adjacent to an activating group) is 1. The number of nitrogens with zero attached hydrogens (tertiary/aromatic N) is 1. The minimum absolute atomic E-state index is 0.0297. The van der Waals surface area contributed by atoms with Crippen molar-refractivity contribution in [3.63, 3.8) is 0 Å². The van der Waals surface area contributed by atoms with E-state index in [2.05, 4.69) is 27.9 Å². The van der Waals surface area contributed by atoms with Crippen LogP contribution in [-0.4, -0.2) is 41.5 Å². The summed E-state index contributed by atoms with van der Waals surface area (Å²) in [6, 6.07) is 4.80. The maximum absolute atomic E-state index is 12.1. The summed E-state index contributed by atoms with van der Waals surface area (Å²) in [5, 5.41) is 12.4. The van der Waals surface area contributed by atoms with E-state index in [1.807, 2.05) is 13.8 Å². The zero-order valence-corrected chi connectivity index (χ0v) is 13.3. The summed E-state index contributed by atoms with van der Waals surface area (Å²) >= 11 is 2.06. The van der Waals surface area contributed by atoms with E-state index in [0.717, 1.165) is 3.57 Å². The molecule has 0 radical (unpaired) electrons. The number of aromatic hydroxyl groups is 1. The van der Waals surface area contributed by atoms with Crippen LogP contribution in [0.25, 0.3) is 0 Å². The molecule has 1 aromatic rings. The highest BCUT2D eigenvalue weighted by Crippen LogP contribution is 2.20. The summed E-state index contributed by atoms with van der Waals surface area (Å²) in [6.07, 6.45) is 0. The maximum atomic E-state index is 12.1. The highest BCUT2D eigenvalue weighted by atomic mass is 127. The molecule has 0 unspecified atom stereocenters. The summed E-state index contributed by atoms with van der Waals surface area (Å²) in [7, 11) is 1.53. The lowest BCUT2D eigenvalue weighted by Crippen LogP contribution is -2.40. The molecule has 0 aliphatic carbocycles. The Morgan fingerprint density at radius 1 is 1.42 bits per heavy atom. The Kier molecular flexibility index (Phi) is 5.59. The quantitative estimate of drug-likeness (QED) is 0.785. The number of benzene rings is 1. The first kappa shape index (κ1) is 15.7. The zero-order valence-electron chi connectivity index (χ0n) is 11.1. The van der Waals surface area contributed by atoms with Gasteiger partial charge in [0, 0.05) is 16.7 Å². The Hall–Kier alpha value is -1.31. The molecule has 1 rings (SSSR count). The highest BCUT2D eigenvalue weighted by Gasteiger charge is 2.18. The highest BCUT2D eigenvalue weighted by molar-refractivity contribution is 14.1. The molecule has 5 nitrogen and oxygen atoms in total. The van der Waals surface area contributed by atoms with Crippen LogP contribution in [0, 0.1) is 3.57 Å². The number of halogens is 1. The molecule has 6 heteroatoms. The molecule has 19 heavy (non-hydrogen) atoms. The lowest BCUT2D eigenvalue weighted by molar-refractivity contribution is -0.122. The predicted molar refractivity (Wildman–Crippen MR) is 81.1 cm³/mol. The Labute approximate surface area is 126 Å². The number of hydrogen-bond acceptors (Lipinski definition) is 3. The summed E-state index contributed by atoms with van der Waals surface area (Å²) in [5.41, 5.74) is 0.201. The van der Waals surface area contributed by atoms with Gasteiger partial charge in [0.05, 0.1) is 12.1 Å². The second-order valence-corrected chi connectivity index (χ2v) is 5.79. The van der Waals surface area contributed by atoms with E-state index in [1.54, 1.807) is 12.1 Å². The monoisotopic (exact) mass is 376 g/mol. The van der Waals surface area contributed by atoms with Gasteiger partial charge in [0.2, 0.25) is 5.91 Å². The third-order valence-electron chi connectivity index (χ3n) is 2.37. The van der Waals surface area contributed by atoms with E-state index in [-0.39, 0.29) is 35.7 Å². The lowest BCUT2D eigenvalue weighted by Gasteiger charge is -2.18. The van der Waals surface area contributed by atoms with Gasteiger partial charge in [-0.15, -0.1) is 0 Å². The van der Waals surface area contributed by atoms with Crippen molar-refractivity contribution in [3.05, 3.63) is 27.3 Å². The molecule has 0 atom stereocenters. The van der Waals surface area contributed by atoms with Crippen molar-refractivity contribution in [2.45, 2.75) is 19.9 Å². The van der Waals surface area contributed by atoms with E-state index < -0.39 is 0 Å². The predicted octanol–water partition coefficient (Wildman–Crippen LogP) is 1.59. The van der Waals surface area contributed by atoms with Gasteiger partial charge in [-0.3, -0.25) is 9.59 Å². The molecule has 1 aromatic carbocycles. The van der Waals surface area contributed by atoms with Crippen LogP contribution >= 0.6 is 22.6 Å². The molecule has 0 saturated heterocycles. The fourth-order valence-corrected chi connectivity index (χ4v) is 2.03. The molecule has 104 valence electrons. The van der Waals surface area contributed by atoms with Crippen molar-refractivity contribution in [2.24, 2.45) is 0 Å². The van der Waals surface area contributed by atoms with E-state index >= 15 is 0 Å². The van der Waals surface area contributed by atoms with Gasteiger partial charge in [0.1, 0.15) is 5.75 Å². The molecule has 0 spiro atoms. The third kappa shape index (κ3) is 4.70. The first-order chi connectivity index (χ1) is 8.81. The fourth-order valence-electron chi connectivity index (χ4n) is 1.54. The number of rotatable bonds is 4. The molecule has 0 aliphatic rings. The molecule has 0 heterocycles. The molecule has 0 saturated carbocycles. The number of amides is 2. The van der Waals surface area contributed by atoms with E-state index in [9.17, 15) is 14.7 Å². The van der Waals surface area contributed by atoms with Crippen LogP contribution in [0.15, 0.2) is 18.2 Å². The van der Waals surface area contributed by atoms with Crippen molar-refractivity contribution in [1.82, 2.24) is 10.2 Å². The lowest BCUT2D eigenvalue weighted by atomic mass is 10.2.